The number of hydrogen-bond donors (Lipinski definition) is 0. The largest absolute Gasteiger partial charge is 0.460 e. The second-order valence-electron chi connectivity index (χ2n) is 8.13. The van der Waals surface area contributed by atoms with Gasteiger partial charge in [0, 0.05) is 19.6 Å². The summed E-state index contributed by atoms with van der Waals surface area (Å²) in [5, 5.41) is 0. The van der Waals surface area contributed by atoms with E-state index in [4.69, 9.17) is 4.74 Å². The van der Waals surface area contributed by atoms with Crippen molar-refractivity contribution >= 4 is 0 Å². The summed E-state index contributed by atoms with van der Waals surface area (Å²) in [5.41, 5.74) is 0. The van der Waals surface area contributed by atoms with Gasteiger partial charge in [-0.3, -0.25) is 0 Å². The van der Waals surface area contributed by atoms with Crippen LogP contribution >= 0.6 is 0 Å². The van der Waals surface area contributed by atoms with Gasteiger partial charge in [0.2, 0.25) is 0 Å². The number of halogens is 17. The Morgan fingerprint density at radius 3 is 1.19 bits per heavy atom. The van der Waals surface area contributed by atoms with Crippen LogP contribution in [0.3, 0.4) is 0 Å². The van der Waals surface area contributed by atoms with Crippen molar-refractivity contribution in [2.24, 2.45) is 0 Å². The summed E-state index contributed by atoms with van der Waals surface area (Å²) in [7, 11) is 0. The van der Waals surface area contributed by atoms with Crippen LogP contribution in [-0.2, 0) is 4.74 Å². The van der Waals surface area contributed by atoms with Gasteiger partial charge in [-0.2, -0.15) is 74.6 Å². The van der Waals surface area contributed by atoms with Gasteiger partial charge >= 0.3 is 47.6 Å². The lowest BCUT2D eigenvalue weighted by Gasteiger charge is -2.42. The van der Waals surface area contributed by atoms with Crippen LogP contribution in [0.5, 0.6) is 0 Å². The summed E-state index contributed by atoms with van der Waals surface area (Å²) in [6, 6.07) is 0. The first-order valence-electron chi connectivity index (χ1n) is 10.6. The topological polar surface area (TPSA) is 9.23 Å². The van der Waals surface area contributed by atoms with Crippen molar-refractivity contribution in [2.45, 2.75) is 106 Å². The molecule has 0 aliphatic carbocycles. The van der Waals surface area contributed by atoms with Crippen LogP contribution in [0.4, 0.5) is 74.6 Å². The Balaban J connectivity index is 5.58. The van der Waals surface area contributed by atoms with Crippen molar-refractivity contribution in [3.63, 3.8) is 0 Å². The van der Waals surface area contributed by atoms with Crippen molar-refractivity contribution in [1.82, 2.24) is 0 Å². The van der Waals surface area contributed by atoms with E-state index in [9.17, 15) is 74.6 Å². The highest BCUT2D eigenvalue weighted by Gasteiger charge is 2.95. The fraction of sp³-hybridized carbons (Fsp3) is 1.00. The van der Waals surface area contributed by atoms with E-state index in [1.807, 2.05) is 6.92 Å². The highest BCUT2D eigenvalue weighted by molar-refractivity contribution is 5.15. The van der Waals surface area contributed by atoms with Crippen molar-refractivity contribution in [3.05, 3.63) is 0 Å². The molecule has 0 aliphatic rings. The molecule has 224 valence electrons. The molecule has 0 saturated heterocycles. The fourth-order valence-electron chi connectivity index (χ4n) is 2.84. The van der Waals surface area contributed by atoms with E-state index in [-0.39, 0.29) is 6.61 Å². The van der Waals surface area contributed by atoms with Crippen molar-refractivity contribution in [3.8, 4) is 0 Å². The van der Waals surface area contributed by atoms with E-state index in [0.29, 0.717) is 12.8 Å². The Morgan fingerprint density at radius 2 is 0.757 bits per heavy atom. The minimum atomic E-state index is -8.59. The molecule has 0 spiro atoms. The minimum Gasteiger partial charge on any atom is -0.381 e. The average Bonchev–Trinajstić information content (AvgIpc) is 2.73. The van der Waals surface area contributed by atoms with E-state index in [0.717, 1.165) is 25.7 Å². The second-order valence-corrected chi connectivity index (χ2v) is 8.13. The molecule has 0 atom stereocenters. The van der Waals surface area contributed by atoms with Gasteiger partial charge in [0.1, 0.15) is 0 Å². The molecule has 0 unspecified atom stereocenters. The maximum absolute atomic E-state index is 13.7. The van der Waals surface area contributed by atoms with Crippen LogP contribution < -0.4 is 0 Å². The number of hydrogen-bond acceptors (Lipinski definition) is 1. The van der Waals surface area contributed by atoms with Gasteiger partial charge in [0.15, 0.2) is 0 Å². The quantitative estimate of drug-likeness (QED) is 0.121. The van der Waals surface area contributed by atoms with Gasteiger partial charge in [0.05, 0.1) is 0 Å². The normalized spacial score (nSPS) is 15.4. The summed E-state index contributed by atoms with van der Waals surface area (Å²) in [6.07, 6.45) is -7.00. The third-order valence-corrected chi connectivity index (χ3v) is 5.21. The Kier molecular flexibility index (Phi) is 11.5. The number of rotatable bonds is 17. The number of unbranched alkanes of at least 4 members (excludes halogenated alkanes) is 5. The number of alkyl halides is 17. The molecule has 0 aliphatic heterocycles. The van der Waals surface area contributed by atoms with Crippen LogP contribution in [0.1, 0.15) is 58.3 Å². The highest BCUT2D eigenvalue weighted by Crippen LogP contribution is 2.64. The summed E-state index contributed by atoms with van der Waals surface area (Å²) >= 11 is 0. The summed E-state index contributed by atoms with van der Waals surface area (Å²) < 4.78 is 228. The minimum absolute atomic E-state index is 0.114. The van der Waals surface area contributed by atoms with Crippen LogP contribution in [0.15, 0.2) is 0 Å². The molecule has 0 rings (SSSR count). The second kappa shape index (κ2) is 11.9. The molecule has 0 heterocycles. The molecular weight excluding hydrogens is 567 g/mol. The third-order valence-electron chi connectivity index (χ3n) is 5.21. The lowest BCUT2D eigenvalue weighted by molar-refractivity contribution is -0.461. The van der Waals surface area contributed by atoms with Crippen LogP contribution in [0.2, 0.25) is 0 Å². The zero-order valence-electron chi connectivity index (χ0n) is 18.9. The number of ether oxygens (including phenoxy) is 1. The predicted octanol–water partition coefficient (Wildman–Crippen LogP) is 9.15. The Labute approximate surface area is 199 Å². The standard InChI is InChI=1S/C19H23F17O/c1-2-3-4-5-6-7-10-37-11-8-9-12(20,21)13(22,23)14(24,25)15(26,27)16(28,29)17(30,31)18(32,33)19(34,35)36/h2-11H2,1H3. The molecule has 0 bridgehead atoms. The molecule has 0 radical (unpaired) electrons. The molecule has 0 saturated carbocycles. The van der Waals surface area contributed by atoms with E-state index < -0.39 is 67.1 Å². The fourth-order valence-corrected chi connectivity index (χ4v) is 2.84. The Bertz CT molecular complexity index is 699. The van der Waals surface area contributed by atoms with Crippen LogP contribution in [-0.4, -0.2) is 60.8 Å². The molecule has 0 aromatic rings. The first kappa shape index (κ1) is 35.8. The highest BCUT2D eigenvalue weighted by atomic mass is 19.4. The maximum atomic E-state index is 13.7. The molecule has 0 amide bonds. The van der Waals surface area contributed by atoms with Gasteiger partial charge in [-0.15, -0.1) is 0 Å². The lowest BCUT2D eigenvalue weighted by Crippen LogP contribution is -2.74. The molecular formula is C19H23F17O. The van der Waals surface area contributed by atoms with Gasteiger partial charge in [-0.05, 0) is 12.8 Å². The van der Waals surface area contributed by atoms with Gasteiger partial charge in [0.25, 0.3) is 0 Å². The zero-order valence-corrected chi connectivity index (χ0v) is 18.9. The molecule has 0 aromatic heterocycles. The molecule has 18 heteroatoms. The molecule has 37 heavy (non-hydrogen) atoms. The van der Waals surface area contributed by atoms with Gasteiger partial charge < -0.3 is 4.74 Å². The van der Waals surface area contributed by atoms with Gasteiger partial charge in [-0.25, -0.2) is 0 Å². The predicted molar refractivity (Wildman–Crippen MR) is 94.1 cm³/mol. The van der Waals surface area contributed by atoms with Crippen LogP contribution in [0, 0.1) is 0 Å². The van der Waals surface area contributed by atoms with Gasteiger partial charge in [-0.1, -0.05) is 39.0 Å². The molecule has 1 nitrogen and oxygen atoms in total. The van der Waals surface area contributed by atoms with E-state index in [1.165, 1.54) is 0 Å². The molecule has 0 fully saturated rings. The summed E-state index contributed by atoms with van der Waals surface area (Å²) in [6.45, 7) is 0.984. The zero-order chi connectivity index (χ0) is 29.8. The smallest absolute Gasteiger partial charge is 0.381 e. The van der Waals surface area contributed by atoms with Crippen molar-refractivity contribution in [1.29, 1.82) is 0 Å². The first-order chi connectivity index (χ1) is 16.3. The Morgan fingerprint density at radius 1 is 0.405 bits per heavy atom. The summed E-state index contributed by atoms with van der Waals surface area (Å²) in [5.74, 6) is -56.0. The molecule has 0 N–H and O–H groups in total. The lowest BCUT2D eigenvalue weighted by atomic mass is 9.88. The monoisotopic (exact) mass is 590 g/mol. The maximum Gasteiger partial charge on any atom is 0.460 e. The van der Waals surface area contributed by atoms with E-state index in [2.05, 4.69) is 0 Å². The van der Waals surface area contributed by atoms with E-state index >= 15 is 0 Å². The first-order valence-corrected chi connectivity index (χ1v) is 10.6. The summed E-state index contributed by atoms with van der Waals surface area (Å²) in [4.78, 5) is 0. The van der Waals surface area contributed by atoms with Crippen molar-refractivity contribution < 1.29 is 79.4 Å². The van der Waals surface area contributed by atoms with Crippen LogP contribution in [0.25, 0.3) is 0 Å². The van der Waals surface area contributed by atoms with Crippen molar-refractivity contribution in [2.75, 3.05) is 13.2 Å². The Hall–Kier alpha value is -1.23. The average molecular weight is 590 g/mol. The van der Waals surface area contributed by atoms with E-state index in [1.54, 1.807) is 0 Å². The third kappa shape index (κ3) is 6.68. The molecule has 0 aromatic carbocycles. The SMILES string of the molecule is CCCCCCCCOCCCC(F)(F)C(F)(F)C(F)(F)C(F)(F)C(F)(F)C(F)(F)C(F)(F)C(F)(F)F.